The molecule has 1 N–H and O–H groups in total. The van der Waals surface area contributed by atoms with Crippen LogP contribution in [0.3, 0.4) is 0 Å². The summed E-state index contributed by atoms with van der Waals surface area (Å²) in [7, 11) is 0. The number of amides is 1. The molecule has 0 unspecified atom stereocenters. The van der Waals surface area contributed by atoms with E-state index in [4.69, 9.17) is 14.2 Å². The third-order valence-electron chi connectivity index (χ3n) is 3.32. The summed E-state index contributed by atoms with van der Waals surface area (Å²) in [5, 5.41) is 2.46. The minimum Gasteiger partial charge on any atom is -0.491 e. The van der Waals surface area contributed by atoms with Crippen LogP contribution in [0.25, 0.3) is 0 Å². The number of alkyl halides is 3. The van der Waals surface area contributed by atoms with E-state index >= 15 is 0 Å². The summed E-state index contributed by atoms with van der Waals surface area (Å²) < 4.78 is 55.3. The van der Waals surface area contributed by atoms with Crippen LogP contribution in [0.4, 0.5) is 13.2 Å². The van der Waals surface area contributed by atoms with E-state index in [1.807, 2.05) is 0 Å². The maximum absolute atomic E-state index is 13.2. The van der Waals surface area contributed by atoms with Crippen molar-refractivity contribution >= 4 is 5.91 Å². The van der Waals surface area contributed by atoms with Crippen LogP contribution in [-0.2, 0) is 27.0 Å². The van der Waals surface area contributed by atoms with Crippen molar-refractivity contribution in [1.82, 2.24) is 5.32 Å². The normalized spacial score (nSPS) is 18.5. The number of carbonyl (C=O) groups excluding carboxylic acids is 1. The Morgan fingerprint density at radius 3 is 2.71 bits per heavy atom. The molecule has 1 amide bonds. The molecule has 0 spiro atoms. The average molecular weight is 347 g/mol. The van der Waals surface area contributed by atoms with E-state index in [-0.39, 0.29) is 37.2 Å². The molecule has 1 saturated heterocycles. The zero-order valence-corrected chi connectivity index (χ0v) is 13.5. The fraction of sp³-hybridized carbons (Fsp3) is 0.562. The predicted molar refractivity (Wildman–Crippen MR) is 79.6 cm³/mol. The molecule has 1 aliphatic rings. The molecule has 1 aromatic rings. The Morgan fingerprint density at radius 2 is 2.12 bits per heavy atom. The van der Waals surface area contributed by atoms with E-state index in [1.54, 1.807) is 13.8 Å². The lowest BCUT2D eigenvalue weighted by Gasteiger charge is -2.22. The van der Waals surface area contributed by atoms with Gasteiger partial charge in [0.05, 0.1) is 31.5 Å². The minimum absolute atomic E-state index is 0.0383. The topological polar surface area (TPSA) is 56.8 Å². The van der Waals surface area contributed by atoms with Crippen LogP contribution in [0.15, 0.2) is 18.2 Å². The first-order valence-corrected chi connectivity index (χ1v) is 7.61. The number of hydrogen-bond acceptors (Lipinski definition) is 4. The molecule has 8 heteroatoms. The van der Waals surface area contributed by atoms with Crippen LogP contribution in [-0.4, -0.2) is 37.9 Å². The van der Waals surface area contributed by atoms with Gasteiger partial charge in [0, 0.05) is 6.54 Å². The average Bonchev–Trinajstić information content (AvgIpc) is 2.52. The lowest BCUT2D eigenvalue weighted by Crippen LogP contribution is -2.42. The molecule has 0 aliphatic carbocycles. The molecular weight excluding hydrogens is 327 g/mol. The maximum atomic E-state index is 13.2. The van der Waals surface area contributed by atoms with E-state index in [2.05, 4.69) is 5.32 Å². The molecule has 24 heavy (non-hydrogen) atoms. The van der Waals surface area contributed by atoms with Crippen LogP contribution >= 0.6 is 0 Å². The zero-order valence-electron chi connectivity index (χ0n) is 13.5. The second-order valence-corrected chi connectivity index (χ2v) is 5.64. The molecule has 1 aromatic carbocycles. The Labute approximate surface area is 138 Å². The van der Waals surface area contributed by atoms with Crippen molar-refractivity contribution < 1.29 is 32.2 Å². The smallest absolute Gasteiger partial charge is 0.416 e. The molecule has 5 nitrogen and oxygen atoms in total. The first-order chi connectivity index (χ1) is 11.3. The van der Waals surface area contributed by atoms with Crippen molar-refractivity contribution in [3.8, 4) is 5.75 Å². The summed E-state index contributed by atoms with van der Waals surface area (Å²) in [5.74, 6) is -0.359. The molecule has 0 radical (unpaired) electrons. The minimum atomic E-state index is -4.54. The summed E-state index contributed by atoms with van der Waals surface area (Å²) in [6.45, 7) is 3.99. The quantitative estimate of drug-likeness (QED) is 0.889. The zero-order chi connectivity index (χ0) is 17.7. The molecule has 0 bridgehead atoms. The summed E-state index contributed by atoms with van der Waals surface area (Å²) in [6.07, 6.45) is -5.57. The first kappa shape index (κ1) is 18.5. The van der Waals surface area contributed by atoms with Crippen LogP contribution in [0.2, 0.25) is 0 Å². The van der Waals surface area contributed by atoms with E-state index in [0.29, 0.717) is 6.61 Å². The number of rotatable bonds is 5. The number of benzene rings is 1. The summed E-state index contributed by atoms with van der Waals surface area (Å²) in [4.78, 5) is 11.9. The molecule has 0 saturated carbocycles. The van der Waals surface area contributed by atoms with Gasteiger partial charge in [0.2, 0.25) is 0 Å². The highest BCUT2D eigenvalue weighted by Crippen LogP contribution is 2.34. The van der Waals surface area contributed by atoms with Gasteiger partial charge in [-0.2, -0.15) is 13.2 Å². The van der Waals surface area contributed by atoms with Gasteiger partial charge in [-0.05, 0) is 31.5 Å². The van der Waals surface area contributed by atoms with Crippen molar-refractivity contribution in [2.45, 2.75) is 38.8 Å². The highest BCUT2D eigenvalue weighted by atomic mass is 19.4. The lowest BCUT2D eigenvalue weighted by molar-refractivity contribution is -0.148. The monoisotopic (exact) mass is 347 g/mol. The SMILES string of the molecule is CC(C)Oc1ccc(CNC(=O)[C@@H]2COCCO2)c(C(F)(F)F)c1. The van der Waals surface area contributed by atoms with Gasteiger partial charge >= 0.3 is 6.18 Å². The highest BCUT2D eigenvalue weighted by Gasteiger charge is 2.34. The second-order valence-electron chi connectivity index (χ2n) is 5.64. The largest absolute Gasteiger partial charge is 0.491 e. The summed E-state index contributed by atoms with van der Waals surface area (Å²) in [6, 6.07) is 3.71. The van der Waals surface area contributed by atoms with Gasteiger partial charge in [-0.3, -0.25) is 4.79 Å². The van der Waals surface area contributed by atoms with Crippen LogP contribution in [0.1, 0.15) is 25.0 Å². The van der Waals surface area contributed by atoms with E-state index in [0.717, 1.165) is 6.07 Å². The maximum Gasteiger partial charge on any atom is 0.416 e. The van der Waals surface area contributed by atoms with Crippen molar-refractivity contribution in [3.63, 3.8) is 0 Å². The van der Waals surface area contributed by atoms with Gasteiger partial charge < -0.3 is 19.5 Å². The van der Waals surface area contributed by atoms with Crippen molar-refractivity contribution in [2.24, 2.45) is 0 Å². The van der Waals surface area contributed by atoms with E-state index in [9.17, 15) is 18.0 Å². The van der Waals surface area contributed by atoms with Crippen molar-refractivity contribution in [3.05, 3.63) is 29.3 Å². The van der Waals surface area contributed by atoms with E-state index in [1.165, 1.54) is 12.1 Å². The first-order valence-electron chi connectivity index (χ1n) is 7.61. The molecule has 2 rings (SSSR count). The number of ether oxygens (including phenoxy) is 3. The van der Waals surface area contributed by atoms with Crippen molar-refractivity contribution in [1.29, 1.82) is 0 Å². The Hall–Kier alpha value is -1.80. The Morgan fingerprint density at radius 1 is 1.38 bits per heavy atom. The molecule has 1 aliphatic heterocycles. The number of nitrogens with one attached hydrogen (secondary N) is 1. The van der Waals surface area contributed by atoms with Crippen LogP contribution < -0.4 is 10.1 Å². The van der Waals surface area contributed by atoms with Gasteiger partial charge in [0.25, 0.3) is 5.91 Å². The summed E-state index contributed by atoms with van der Waals surface area (Å²) >= 11 is 0. The predicted octanol–water partition coefficient (Wildman–Crippen LogP) is 2.52. The third kappa shape index (κ3) is 5.10. The van der Waals surface area contributed by atoms with Gasteiger partial charge in [0.15, 0.2) is 6.10 Å². The number of carbonyl (C=O) groups is 1. The second kappa shape index (κ2) is 7.85. The highest BCUT2D eigenvalue weighted by molar-refractivity contribution is 5.81. The molecule has 134 valence electrons. The Balaban J connectivity index is 2.09. The standard InChI is InChI=1S/C16H20F3NO4/c1-10(2)24-12-4-3-11(13(7-12)16(17,18)19)8-20-15(21)14-9-22-5-6-23-14/h3-4,7,10,14H,5-6,8-9H2,1-2H3,(H,20,21)/t14-/m0/s1. The molecule has 0 aromatic heterocycles. The lowest BCUT2D eigenvalue weighted by atomic mass is 10.1. The molecule has 1 atom stereocenters. The van der Waals surface area contributed by atoms with Crippen LogP contribution in [0, 0.1) is 0 Å². The van der Waals surface area contributed by atoms with E-state index < -0.39 is 23.8 Å². The summed E-state index contributed by atoms with van der Waals surface area (Å²) in [5.41, 5.74) is -0.870. The Kier molecular flexibility index (Phi) is 6.06. The number of hydrogen-bond donors (Lipinski definition) is 1. The Bertz CT molecular complexity index is 569. The number of halogens is 3. The third-order valence-corrected chi connectivity index (χ3v) is 3.32. The fourth-order valence-electron chi connectivity index (χ4n) is 2.25. The van der Waals surface area contributed by atoms with Crippen LogP contribution in [0.5, 0.6) is 5.75 Å². The van der Waals surface area contributed by atoms with Gasteiger partial charge in [-0.25, -0.2) is 0 Å². The molecular formula is C16H20F3NO4. The van der Waals surface area contributed by atoms with Gasteiger partial charge in [0.1, 0.15) is 5.75 Å². The van der Waals surface area contributed by atoms with Gasteiger partial charge in [-0.15, -0.1) is 0 Å². The molecule has 1 fully saturated rings. The van der Waals surface area contributed by atoms with Crippen molar-refractivity contribution in [2.75, 3.05) is 19.8 Å². The fourth-order valence-corrected chi connectivity index (χ4v) is 2.25. The molecule has 1 heterocycles. The van der Waals surface area contributed by atoms with Gasteiger partial charge in [-0.1, -0.05) is 6.07 Å².